The number of ether oxygens (including phenoxy) is 2. The van der Waals surface area contributed by atoms with Gasteiger partial charge in [0.1, 0.15) is 11.8 Å². The van der Waals surface area contributed by atoms with E-state index in [1.165, 1.54) is 7.11 Å². The molecule has 7 nitrogen and oxygen atoms in total. The quantitative estimate of drug-likeness (QED) is 0.661. The highest BCUT2D eigenvalue weighted by molar-refractivity contribution is 5.86. The van der Waals surface area contributed by atoms with Crippen molar-refractivity contribution in [3.05, 3.63) is 29.8 Å². The molecule has 0 aliphatic heterocycles. The molecule has 1 amide bonds. The molecule has 0 bridgehead atoms. The maximum atomic E-state index is 11.8. The van der Waals surface area contributed by atoms with Crippen LogP contribution in [0, 0.1) is 0 Å². The molecular weight excluding hydrogens is 302 g/mol. The monoisotopic (exact) mass is 323 g/mol. The number of hydrogen-bond donors (Lipinski definition) is 2. The first-order valence-corrected chi connectivity index (χ1v) is 7.27. The van der Waals surface area contributed by atoms with Gasteiger partial charge in [0.15, 0.2) is 0 Å². The number of rotatable bonds is 9. The second-order valence-corrected chi connectivity index (χ2v) is 4.78. The van der Waals surface area contributed by atoms with Crippen LogP contribution in [0.1, 0.15) is 25.3 Å². The first-order valence-electron chi connectivity index (χ1n) is 7.27. The minimum Gasteiger partial charge on any atom is -0.496 e. The third-order valence-electron chi connectivity index (χ3n) is 3.11. The van der Waals surface area contributed by atoms with Crippen LogP contribution in [-0.2, 0) is 25.5 Å². The molecule has 0 heterocycles. The van der Waals surface area contributed by atoms with Gasteiger partial charge >= 0.3 is 11.9 Å². The van der Waals surface area contributed by atoms with Crippen LogP contribution in [-0.4, -0.2) is 42.7 Å². The minimum atomic E-state index is -1.15. The van der Waals surface area contributed by atoms with E-state index in [4.69, 9.17) is 9.47 Å². The number of nitrogens with one attached hydrogen (secondary N) is 1. The standard InChI is InChI=1S/C16H21NO6/c1-3-23-15(19)9-8-14(18)17-12(16(20)21)10-11-6-4-5-7-13(11)22-2/h4-7,12H,3,8-10H2,1-2H3,(H,17,18)(H,20,21)/t12-/m0/s1. The van der Waals surface area contributed by atoms with Crippen molar-refractivity contribution in [2.24, 2.45) is 0 Å². The molecule has 0 aromatic heterocycles. The predicted octanol–water partition coefficient (Wildman–Crippen LogP) is 1.15. The van der Waals surface area contributed by atoms with Crippen molar-refractivity contribution >= 4 is 17.8 Å². The molecule has 7 heteroatoms. The van der Waals surface area contributed by atoms with Crippen LogP contribution >= 0.6 is 0 Å². The van der Waals surface area contributed by atoms with Crippen molar-refractivity contribution in [3.63, 3.8) is 0 Å². The highest BCUT2D eigenvalue weighted by atomic mass is 16.5. The molecule has 23 heavy (non-hydrogen) atoms. The summed E-state index contributed by atoms with van der Waals surface area (Å²) in [5, 5.41) is 11.7. The van der Waals surface area contributed by atoms with Gasteiger partial charge in [0, 0.05) is 12.8 Å². The second kappa shape index (κ2) is 9.45. The van der Waals surface area contributed by atoms with E-state index in [0.717, 1.165) is 0 Å². The van der Waals surface area contributed by atoms with Crippen LogP contribution in [0.15, 0.2) is 24.3 Å². The highest BCUT2D eigenvalue weighted by Gasteiger charge is 2.22. The van der Waals surface area contributed by atoms with Crippen LogP contribution in [0.3, 0.4) is 0 Å². The summed E-state index contributed by atoms with van der Waals surface area (Å²) in [5.74, 6) is -1.60. The lowest BCUT2D eigenvalue weighted by Gasteiger charge is -2.16. The van der Waals surface area contributed by atoms with Gasteiger partial charge in [0.05, 0.1) is 20.1 Å². The highest BCUT2D eigenvalue weighted by Crippen LogP contribution is 2.19. The van der Waals surface area contributed by atoms with Gasteiger partial charge in [-0.3, -0.25) is 9.59 Å². The topological polar surface area (TPSA) is 102 Å². The van der Waals surface area contributed by atoms with Gasteiger partial charge in [-0.15, -0.1) is 0 Å². The summed E-state index contributed by atoms with van der Waals surface area (Å²) >= 11 is 0. The molecule has 1 atom stereocenters. The third kappa shape index (κ3) is 6.37. The number of benzene rings is 1. The molecule has 126 valence electrons. The smallest absolute Gasteiger partial charge is 0.326 e. The van der Waals surface area contributed by atoms with Crippen molar-refractivity contribution in [3.8, 4) is 5.75 Å². The zero-order chi connectivity index (χ0) is 17.2. The Morgan fingerprint density at radius 2 is 1.91 bits per heavy atom. The fourth-order valence-electron chi connectivity index (χ4n) is 2.01. The first kappa shape index (κ1) is 18.5. The van der Waals surface area contributed by atoms with E-state index < -0.39 is 23.9 Å². The van der Waals surface area contributed by atoms with E-state index in [1.54, 1.807) is 31.2 Å². The molecule has 0 saturated carbocycles. The maximum Gasteiger partial charge on any atom is 0.326 e. The van der Waals surface area contributed by atoms with Gasteiger partial charge in [-0.1, -0.05) is 18.2 Å². The van der Waals surface area contributed by atoms with Gasteiger partial charge in [0.2, 0.25) is 5.91 Å². The van der Waals surface area contributed by atoms with Crippen molar-refractivity contribution in [1.29, 1.82) is 0 Å². The lowest BCUT2D eigenvalue weighted by atomic mass is 10.0. The molecular formula is C16H21NO6. The van der Waals surface area contributed by atoms with E-state index in [1.807, 2.05) is 0 Å². The Hall–Kier alpha value is -2.57. The fourth-order valence-corrected chi connectivity index (χ4v) is 2.01. The molecule has 0 radical (unpaired) electrons. The Balaban J connectivity index is 2.63. The predicted molar refractivity (Wildman–Crippen MR) is 82.1 cm³/mol. The molecule has 0 fully saturated rings. The van der Waals surface area contributed by atoms with E-state index >= 15 is 0 Å². The number of hydrogen-bond acceptors (Lipinski definition) is 5. The Morgan fingerprint density at radius 1 is 1.22 bits per heavy atom. The molecule has 1 rings (SSSR count). The number of esters is 1. The molecule has 0 saturated heterocycles. The third-order valence-corrected chi connectivity index (χ3v) is 3.11. The van der Waals surface area contributed by atoms with Crippen molar-refractivity contribution in [2.45, 2.75) is 32.2 Å². The molecule has 0 aliphatic carbocycles. The Bertz CT molecular complexity index is 557. The van der Waals surface area contributed by atoms with E-state index in [-0.39, 0.29) is 25.9 Å². The number of carbonyl (C=O) groups is 3. The molecule has 1 aromatic carbocycles. The van der Waals surface area contributed by atoms with Gasteiger partial charge in [-0.2, -0.15) is 0 Å². The molecule has 0 unspecified atom stereocenters. The second-order valence-electron chi connectivity index (χ2n) is 4.78. The lowest BCUT2D eigenvalue weighted by Crippen LogP contribution is -2.42. The zero-order valence-electron chi connectivity index (χ0n) is 13.2. The number of carboxylic acids is 1. The van der Waals surface area contributed by atoms with Crippen LogP contribution in [0.4, 0.5) is 0 Å². The van der Waals surface area contributed by atoms with Crippen LogP contribution < -0.4 is 10.1 Å². The number of aliphatic carboxylic acids is 1. The molecule has 0 aliphatic rings. The van der Waals surface area contributed by atoms with Gasteiger partial charge in [-0.05, 0) is 18.6 Å². The van der Waals surface area contributed by atoms with E-state index in [0.29, 0.717) is 11.3 Å². The zero-order valence-corrected chi connectivity index (χ0v) is 13.2. The Labute approximate surface area is 134 Å². The van der Waals surface area contributed by atoms with Crippen molar-refractivity contribution < 1.29 is 29.0 Å². The van der Waals surface area contributed by atoms with Gasteiger partial charge < -0.3 is 19.9 Å². The summed E-state index contributed by atoms with van der Waals surface area (Å²) in [5.41, 5.74) is 0.674. The number of methoxy groups -OCH3 is 1. The molecule has 1 aromatic rings. The van der Waals surface area contributed by atoms with Gasteiger partial charge in [0.25, 0.3) is 0 Å². The summed E-state index contributed by atoms with van der Waals surface area (Å²) in [7, 11) is 1.49. The minimum absolute atomic E-state index is 0.0827. The first-order chi connectivity index (χ1) is 11.0. The van der Waals surface area contributed by atoms with Crippen LogP contribution in [0.25, 0.3) is 0 Å². The molecule has 2 N–H and O–H groups in total. The van der Waals surface area contributed by atoms with Crippen molar-refractivity contribution in [1.82, 2.24) is 5.32 Å². The number of carboxylic acid groups (broad SMARTS) is 1. The normalized spacial score (nSPS) is 11.4. The van der Waals surface area contributed by atoms with E-state index in [9.17, 15) is 19.5 Å². The van der Waals surface area contributed by atoms with E-state index in [2.05, 4.69) is 5.32 Å². The number of para-hydroxylation sites is 1. The summed E-state index contributed by atoms with van der Waals surface area (Å²) in [6.45, 7) is 1.91. The largest absolute Gasteiger partial charge is 0.496 e. The van der Waals surface area contributed by atoms with Crippen LogP contribution in [0.5, 0.6) is 5.75 Å². The lowest BCUT2D eigenvalue weighted by molar-refractivity contribution is -0.144. The Kier molecular flexibility index (Phi) is 7.59. The molecule has 0 spiro atoms. The summed E-state index contributed by atoms with van der Waals surface area (Å²) < 4.78 is 9.89. The summed E-state index contributed by atoms with van der Waals surface area (Å²) in [6.07, 6.45) is -0.111. The fraction of sp³-hybridized carbons (Fsp3) is 0.438. The summed E-state index contributed by atoms with van der Waals surface area (Å²) in [6, 6.07) is 5.90. The number of amides is 1. The van der Waals surface area contributed by atoms with Crippen molar-refractivity contribution in [2.75, 3.05) is 13.7 Å². The van der Waals surface area contributed by atoms with Gasteiger partial charge in [-0.25, -0.2) is 4.79 Å². The SMILES string of the molecule is CCOC(=O)CCC(=O)N[C@@H](Cc1ccccc1OC)C(=O)O. The summed E-state index contributed by atoms with van der Waals surface area (Å²) in [4.78, 5) is 34.3. The average Bonchev–Trinajstić information content (AvgIpc) is 2.53. The maximum absolute atomic E-state index is 11.8. The average molecular weight is 323 g/mol. The Morgan fingerprint density at radius 3 is 2.52 bits per heavy atom. The van der Waals surface area contributed by atoms with Crippen LogP contribution in [0.2, 0.25) is 0 Å². The number of carbonyl (C=O) groups excluding carboxylic acids is 2.